The lowest BCUT2D eigenvalue weighted by molar-refractivity contribution is 0.0886. The minimum absolute atomic E-state index is 0.442. The molecule has 2 rings (SSSR count). The highest BCUT2D eigenvalue weighted by Crippen LogP contribution is 2.25. The molecule has 21 heavy (non-hydrogen) atoms. The summed E-state index contributed by atoms with van der Waals surface area (Å²) in [5.74, 6) is 0.604. The van der Waals surface area contributed by atoms with Crippen molar-refractivity contribution in [1.82, 2.24) is 4.90 Å². The van der Waals surface area contributed by atoms with Gasteiger partial charge >= 0.3 is 0 Å². The maximum Gasteiger partial charge on any atom is 0.0923 e. The van der Waals surface area contributed by atoms with Crippen LogP contribution in [0.15, 0.2) is 42.5 Å². The highest BCUT2D eigenvalue weighted by Gasteiger charge is 2.18. The molecule has 0 fully saturated rings. The van der Waals surface area contributed by atoms with Gasteiger partial charge in [-0.15, -0.1) is 0 Å². The molecule has 0 bridgehead atoms. The molecule has 0 saturated heterocycles. The summed E-state index contributed by atoms with van der Waals surface area (Å²) in [4.78, 5) is 2.36. The van der Waals surface area contributed by atoms with E-state index in [1.807, 2.05) is 24.3 Å². The van der Waals surface area contributed by atoms with Gasteiger partial charge in [-0.25, -0.2) is 0 Å². The van der Waals surface area contributed by atoms with Crippen LogP contribution in [0.4, 0.5) is 0 Å². The van der Waals surface area contributed by atoms with Crippen LogP contribution in [-0.2, 0) is 0 Å². The van der Waals surface area contributed by atoms with Crippen LogP contribution in [-0.4, -0.2) is 29.1 Å². The number of fused-ring (bicyclic) bond motifs is 1. The molecule has 0 spiro atoms. The van der Waals surface area contributed by atoms with Crippen LogP contribution < -0.4 is 0 Å². The molecule has 0 heterocycles. The average Bonchev–Trinajstić information content (AvgIpc) is 2.45. The number of nitrogens with zero attached hydrogens (tertiary/aromatic N) is 1. The maximum atomic E-state index is 10.7. The molecule has 1 unspecified atom stereocenters. The third kappa shape index (κ3) is 4.05. The van der Waals surface area contributed by atoms with Gasteiger partial charge in [-0.05, 0) is 36.1 Å². The molecular formula is C19H27NO. The summed E-state index contributed by atoms with van der Waals surface area (Å²) in [6, 6.07) is 14.9. The van der Waals surface area contributed by atoms with Gasteiger partial charge in [0.2, 0.25) is 0 Å². The number of aliphatic hydroxyl groups excluding tert-OH is 1. The van der Waals surface area contributed by atoms with Crippen molar-refractivity contribution in [1.29, 1.82) is 0 Å². The van der Waals surface area contributed by atoms with Gasteiger partial charge < -0.3 is 5.11 Å². The van der Waals surface area contributed by atoms with Crippen molar-refractivity contribution in [2.75, 3.05) is 13.1 Å². The lowest BCUT2D eigenvalue weighted by Crippen LogP contribution is -2.37. The first-order valence-electron chi connectivity index (χ1n) is 7.88. The van der Waals surface area contributed by atoms with Gasteiger partial charge in [-0.3, -0.25) is 4.90 Å². The molecule has 0 radical (unpaired) electrons. The van der Waals surface area contributed by atoms with Gasteiger partial charge in [0.25, 0.3) is 0 Å². The zero-order valence-electron chi connectivity index (χ0n) is 13.6. The molecule has 0 saturated carbocycles. The molecule has 114 valence electrons. The van der Waals surface area contributed by atoms with Gasteiger partial charge in [0.05, 0.1) is 6.10 Å². The van der Waals surface area contributed by atoms with Gasteiger partial charge in [-0.2, -0.15) is 0 Å². The standard InChI is InChI=1S/C19H27NO/c1-14(2)12-20(15(3)4)13-19(21)18-11-7-9-16-8-5-6-10-17(16)18/h5-11,14-15,19,21H,12-13H2,1-4H3. The maximum absolute atomic E-state index is 10.7. The fraction of sp³-hybridized carbons (Fsp3) is 0.474. The Kier molecular flexibility index (Phi) is 5.38. The summed E-state index contributed by atoms with van der Waals surface area (Å²) >= 11 is 0. The number of hydrogen-bond donors (Lipinski definition) is 1. The lowest BCUT2D eigenvalue weighted by Gasteiger charge is -2.30. The fourth-order valence-corrected chi connectivity index (χ4v) is 2.83. The summed E-state index contributed by atoms with van der Waals surface area (Å²) in [5.41, 5.74) is 1.03. The Balaban J connectivity index is 2.23. The van der Waals surface area contributed by atoms with Crippen LogP contribution in [0.3, 0.4) is 0 Å². The predicted octanol–water partition coefficient (Wildman–Crippen LogP) is 4.24. The Bertz CT molecular complexity index is 571. The Morgan fingerprint density at radius 1 is 0.905 bits per heavy atom. The molecule has 0 amide bonds. The monoisotopic (exact) mass is 285 g/mol. The molecular weight excluding hydrogens is 258 g/mol. The zero-order chi connectivity index (χ0) is 15.4. The van der Waals surface area contributed by atoms with Gasteiger partial charge in [0.15, 0.2) is 0 Å². The van der Waals surface area contributed by atoms with E-state index in [2.05, 4.69) is 50.8 Å². The molecule has 0 aliphatic heterocycles. The second-order valence-electron chi connectivity index (χ2n) is 6.53. The SMILES string of the molecule is CC(C)CN(CC(O)c1cccc2ccccc12)C(C)C. The molecule has 1 atom stereocenters. The van der Waals surface area contributed by atoms with E-state index in [0.717, 1.165) is 17.5 Å². The minimum Gasteiger partial charge on any atom is -0.387 e. The minimum atomic E-state index is -0.447. The predicted molar refractivity (Wildman–Crippen MR) is 90.5 cm³/mol. The largest absolute Gasteiger partial charge is 0.387 e. The molecule has 1 N–H and O–H groups in total. The van der Waals surface area contributed by atoms with Crippen molar-refractivity contribution < 1.29 is 5.11 Å². The average molecular weight is 285 g/mol. The van der Waals surface area contributed by atoms with Crippen molar-refractivity contribution in [3.63, 3.8) is 0 Å². The molecule has 0 aliphatic rings. The second kappa shape index (κ2) is 7.06. The molecule has 2 aromatic carbocycles. The summed E-state index contributed by atoms with van der Waals surface area (Å²) in [5, 5.41) is 13.1. The summed E-state index contributed by atoms with van der Waals surface area (Å²) in [6.07, 6.45) is -0.447. The number of benzene rings is 2. The van der Waals surface area contributed by atoms with Crippen LogP contribution in [0.1, 0.15) is 39.4 Å². The van der Waals surface area contributed by atoms with Crippen LogP contribution in [0.25, 0.3) is 10.8 Å². The highest BCUT2D eigenvalue weighted by molar-refractivity contribution is 5.85. The first-order chi connectivity index (χ1) is 9.99. The van der Waals surface area contributed by atoms with Crippen molar-refractivity contribution in [2.24, 2.45) is 5.92 Å². The van der Waals surface area contributed by atoms with E-state index in [9.17, 15) is 5.11 Å². The van der Waals surface area contributed by atoms with E-state index in [0.29, 0.717) is 18.5 Å². The number of aliphatic hydroxyl groups is 1. The van der Waals surface area contributed by atoms with Crippen molar-refractivity contribution in [3.05, 3.63) is 48.0 Å². The fourth-order valence-electron chi connectivity index (χ4n) is 2.83. The molecule has 0 aliphatic carbocycles. The molecule has 2 aromatic rings. The molecule has 2 heteroatoms. The van der Waals surface area contributed by atoms with Crippen LogP contribution >= 0.6 is 0 Å². The molecule has 0 aromatic heterocycles. The normalized spacial score (nSPS) is 13.5. The van der Waals surface area contributed by atoms with E-state index in [-0.39, 0.29) is 0 Å². The highest BCUT2D eigenvalue weighted by atomic mass is 16.3. The third-order valence-corrected chi connectivity index (χ3v) is 3.92. The van der Waals surface area contributed by atoms with Crippen molar-refractivity contribution in [3.8, 4) is 0 Å². The first-order valence-corrected chi connectivity index (χ1v) is 7.88. The Morgan fingerprint density at radius 3 is 2.24 bits per heavy atom. The van der Waals surface area contributed by atoms with E-state index in [4.69, 9.17) is 0 Å². The smallest absolute Gasteiger partial charge is 0.0923 e. The van der Waals surface area contributed by atoms with Crippen LogP contribution in [0.5, 0.6) is 0 Å². The van der Waals surface area contributed by atoms with Crippen molar-refractivity contribution >= 4 is 10.8 Å². The lowest BCUT2D eigenvalue weighted by atomic mass is 9.99. The Labute approximate surface area is 128 Å². The number of hydrogen-bond acceptors (Lipinski definition) is 2. The Morgan fingerprint density at radius 2 is 1.57 bits per heavy atom. The summed E-state index contributed by atoms with van der Waals surface area (Å²) in [6.45, 7) is 10.5. The topological polar surface area (TPSA) is 23.5 Å². The first kappa shape index (κ1) is 16.0. The zero-order valence-corrected chi connectivity index (χ0v) is 13.6. The molecule has 2 nitrogen and oxygen atoms in total. The Hall–Kier alpha value is -1.38. The third-order valence-electron chi connectivity index (χ3n) is 3.92. The van der Waals surface area contributed by atoms with Crippen LogP contribution in [0.2, 0.25) is 0 Å². The quantitative estimate of drug-likeness (QED) is 0.858. The van der Waals surface area contributed by atoms with Crippen molar-refractivity contribution in [2.45, 2.75) is 39.8 Å². The van der Waals surface area contributed by atoms with Crippen LogP contribution in [0, 0.1) is 5.92 Å². The van der Waals surface area contributed by atoms with E-state index < -0.39 is 6.10 Å². The second-order valence-corrected chi connectivity index (χ2v) is 6.53. The van der Waals surface area contributed by atoms with Gasteiger partial charge in [-0.1, -0.05) is 56.3 Å². The summed E-state index contributed by atoms with van der Waals surface area (Å²) < 4.78 is 0. The van der Waals surface area contributed by atoms with Gasteiger partial charge in [0, 0.05) is 19.1 Å². The van der Waals surface area contributed by atoms with Gasteiger partial charge in [0.1, 0.15) is 0 Å². The number of rotatable bonds is 6. The van der Waals surface area contributed by atoms with E-state index >= 15 is 0 Å². The van der Waals surface area contributed by atoms with E-state index in [1.54, 1.807) is 0 Å². The summed E-state index contributed by atoms with van der Waals surface area (Å²) in [7, 11) is 0. The van der Waals surface area contributed by atoms with E-state index in [1.165, 1.54) is 5.39 Å².